The van der Waals surface area contributed by atoms with Gasteiger partial charge in [0.15, 0.2) is 5.65 Å². The van der Waals surface area contributed by atoms with E-state index in [1.807, 2.05) is 0 Å². The Balaban J connectivity index is 1.64. The van der Waals surface area contributed by atoms with Crippen LogP contribution < -0.4 is 4.72 Å². The summed E-state index contributed by atoms with van der Waals surface area (Å²) in [5.74, 6) is -0.708. The third-order valence-electron chi connectivity index (χ3n) is 5.70. The highest BCUT2D eigenvalue weighted by Crippen LogP contribution is 2.32. The van der Waals surface area contributed by atoms with Gasteiger partial charge in [0.05, 0.1) is 23.1 Å². The summed E-state index contributed by atoms with van der Waals surface area (Å²) < 4.78 is 52.5. The van der Waals surface area contributed by atoms with Crippen molar-refractivity contribution >= 4 is 43.4 Å². The number of sulfonamides is 1. The van der Waals surface area contributed by atoms with Gasteiger partial charge in [0.1, 0.15) is 22.7 Å². The molecular formula is C21H21FN8O3S. The van der Waals surface area contributed by atoms with E-state index in [1.54, 1.807) is 37.0 Å². The van der Waals surface area contributed by atoms with Crippen LogP contribution in [0, 0.1) is 12.7 Å². The van der Waals surface area contributed by atoms with Gasteiger partial charge in [0.25, 0.3) is 0 Å². The number of pyridine rings is 1. The van der Waals surface area contributed by atoms with E-state index in [0.717, 1.165) is 0 Å². The molecule has 0 saturated carbocycles. The smallest absolute Gasteiger partial charge is 0.243 e. The Morgan fingerprint density at radius 2 is 1.94 bits per heavy atom. The van der Waals surface area contributed by atoms with Gasteiger partial charge in [-0.3, -0.25) is 23.8 Å². The summed E-state index contributed by atoms with van der Waals surface area (Å²) in [4.78, 5) is 8.42. The first-order chi connectivity index (χ1) is 16.2. The number of para-hydroxylation sites is 1. The Hall–Kier alpha value is -3.71. The fourth-order valence-corrected chi connectivity index (χ4v) is 5.16. The van der Waals surface area contributed by atoms with Gasteiger partial charge in [-0.15, -0.1) is 10.2 Å². The van der Waals surface area contributed by atoms with E-state index in [-0.39, 0.29) is 17.1 Å². The van der Waals surface area contributed by atoms with Crippen molar-refractivity contribution in [1.29, 1.82) is 0 Å². The average molecular weight is 485 g/mol. The number of aryl methyl sites for hydroxylation is 2. The van der Waals surface area contributed by atoms with Crippen LogP contribution in [0.3, 0.4) is 0 Å². The lowest BCUT2D eigenvalue weighted by Gasteiger charge is -2.22. The average Bonchev–Trinajstić information content (AvgIpc) is 3.38. The lowest BCUT2D eigenvalue weighted by Crippen LogP contribution is -2.33. The fraction of sp³-hybridized carbons (Fsp3) is 0.286. The second-order valence-corrected chi connectivity index (χ2v) is 10.0. The van der Waals surface area contributed by atoms with Crippen molar-refractivity contribution in [3.05, 3.63) is 54.0 Å². The largest absolute Gasteiger partial charge is 0.374 e. The zero-order valence-corrected chi connectivity index (χ0v) is 19.6. The maximum Gasteiger partial charge on any atom is 0.243 e. The van der Waals surface area contributed by atoms with E-state index in [2.05, 4.69) is 30.0 Å². The van der Waals surface area contributed by atoms with Crippen LogP contribution in [0.1, 0.15) is 24.4 Å². The standard InChI is InChI=1S/C21H21FN8O3S/c1-11-8-24-16(9-23-11)19(33-4)12(2)34(31,32)28-21-26-25-20-17-14(10-29(3)27-17)13-6-5-7-15(22)18(13)30(20)21/h5-10,12,19H,1-4H3,(H,26,28)/t12-,19-/m0/s1. The molecule has 11 nitrogen and oxygen atoms in total. The molecule has 0 amide bonds. The molecule has 0 radical (unpaired) electrons. The monoisotopic (exact) mass is 484 g/mol. The van der Waals surface area contributed by atoms with Crippen LogP contribution in [0.2, 0.25) is 0 Å². The number of halogens is 1. The molecule has 0 saturated heterocycles. The highest BCUT2D eigenvalue weighted by molar-refractivity contribution is 7.93. The summed E-state index contributed by atoms with van der Waals surface area (Å²) in [5.41, 5.74) is 1.89. The molecule has 176 valence electrons. The maximum absolute atomic E-state index is 15.0. The number of ether oxygens (including phenoxy) is 1. The van der Waals surface area contributed by atoms with Crippen molar-refractivity contribution in [2.24, 2.45) is 7.05 Å². The molecule has 0 bridgehead atoms. The van der Waals surface area contributed by atoms with Gasteiger partial charge in [-0.2, -0.15) is 5.10 Å². The zero-order chi connectivity index (χ0) is 24.2. The molecule has 4 heterocycles. The van der Waals surface area contributed by atoms with Gasteiger partial charge in [0.2, 0.25) is 16.0 Å². The van der Waals surface area contributed by atoms with Crippen LogP contribution in [-0.4, -0.2) is 55.1 Å². The molecule has 0 unspecified atom stereocenters. The predicted octanol–water partition coefficient (Wildman–Crippen LogP) is 2.52. The summed E-state index contributed by atoms with van der Waals surface area (Å²) in [5, 5.41) is 12.7. The minimum atomic E-state index is -4.09. The van der Waals surface area contributed by atoms with Crippen molar-refractivity contribution in [3.8, 4) is 0 Å². The molecule has 1 N–H and O–H groups in total. The quantitative estimate of drug-likeness (QED) is 0.389. The van der Waals surface area contributed by atoms with E-state index in [0.29, 0.717) is 27.7 Å². The number of hydrogen-bond donors (Lipinski definition) is 1. The highest BCUT2D eigenvalue weighted by Gasteiger charge is 2.33. The molecule has 4 aromatic heterocycles. The van der Waals surface area contributed by atoms with Crippen molar-refractivity contribution in [3.63, 3.8) is 0 Å². The van der Waals surface area contributed by atoms with Gasteiger partial charge >= 0.3 is 0 Å². The number of nitrogens with zero attached hydrogens (tertiary/aromatic N) is 7. The minimum Gasteiger partial charge on any atom is -0.374 e. The fourth-order valence-electron chi connectivity index (χ4n) is 4.01. The van der Waals surface area contributed by atoms with E-state index < -0.39 is 27.2 Å². The van der Waals surface area contributed by atoms with Gasteiger partial charge in [-0.05, 0) is 19.9 Å². The third-order valence-corrected chi connectivity index (χ3v) is 7.39. The van der Waals surface area contributed by atoms with E-state index in [4.69, 9.17) is 4.74 Å². The van der Waals surface area contributed by atoms with Crippen LogP contribution in [-0.2, 0) is 21.8 Å². The Morgan fingerprint density at radius 1 is 1.15 bits per heavy atom. The molecule has 5 rings (SSSR count). The van der Waals surface area contributed by atoms with Crippen molar-refractivity contribution in [2.45, 2.75) is 25.2 Å². The number of methoxy groups -OCH3 is 1. The van der Waals surface area contributed by atoms with Crippen LogP contribution in [0.4, 0.5) is 10.3 Å². The Bertz CT molecular complexity index is 1650. The summed E-state index contributed by atoms with van der Waals surface area (Å²) in [6, 6.07) is 4.61. The van der Waals surface area contributed by atoms with E-state index in [1.165, 1.54) is 36.9 Å². The molecule has 34 heavy (non-hydrogen) atoms. The zero-order valence-electron chi connectivity index (χ0n) is 18.8. The van der Waals surface area contributed by atoms with Crippen LogP contribution in [0.15, 0.2) is 36.8 Å². The number of anilines is 1. The van der Waals surface area contributed by atoms with Crippen molar-refractivity contribution in [1.82, 2.24) is 34.3 Å². The minimum absolute atomic E-state index is 0.140. The number of fused-ring (bicyclic) bond motifs is 6. The first-order valence-corrected chi connectivity index (χ1v) is 11.9. The summed E-state index contributed by atoms with van der Waals surface area (Å²) in [7, 11) is -0.956. The third kappa shape index (κ3) is 3.44. The molecule has 1 aromatic carbocycles. The normalized spacial score (nSPS) is 14.1. The Kier molecular flexibility index (Phi) is 5.17. The number of nitrogens with one attached hydrogen (secondary N) is 1. The van der Waals surface area contributed by atoms with E-state index >= 15 is 4.39 Å². The van der Waals surface area contributed by atoms with Gasteiger partial charge < -0.3 is 4.74 Å². The molecular weight excluding hydrogens is 463 g/mol. The number of benzene rings is 1. The van der Waals surface area contributed by atoms with E-state index in [9.17, 15) is 8.42 Å². The van der Waals surface area contributed by atoms with Gasteiger partial charge in [-0.25, -0.2) is 12.8 Å². The number of hydrogen-bond acceptors (Lipinski definition) is 8. The molecule has 13 heteroatoms. The highest BCUT2D eigenvalue weighted by atomic mass is 32.2. The Morgan fingerprint density at radius 3 is 2.65 bits per heavy atom. The lowest BCUT2D eigenvalue weighted by molar-refractivity contribution is 0.0985. The van der Waals surface area contributed by atoms with Crippen molar-refractivity contribution < 1.29 is 17.5 Å². The van der Waals surface area contributed by atoms with Gasteiger partial charge in [0, 0.05) is 37.3 Å². The van der Waals surface area contributed by atoms with Gasteiger partial charge in [-0.1, -0.05) is 12.1 Å². The van der Waals surface area contributed by atoms with Crippen molar-refractivity contribution in [2.75, 3.05) is 11.8 Å². The molecule has 0 aliphatic heterocycles. The summed E-state index contributed by atoms with van der Waals surface area (Å²) in [6.45, 7) is 3.26. The first kappa shape index (κ1) is 22.1. The molecule has 0 fully saturated rings. The van der Waals surface area contributed by atoms with Crippen LogP contribution in [0.5, 0.6) is 0 Å². The first-order valence-electron chi connectivity index (χ1n) is 10.3. The lowest BCUT2D eigenvalue weighted by atomic mass is 10.1. The molecule has 5 aromatic rings. The second kappa shape index (κ2) is 7.95. The molecule has 0 aliphatic rings. The maximum atomic E-state index is 15.0. The summed E-state index contributed by atoms with van der Waals surface area (Å²) >= 11 is 0. The second-order valence-electron chi connectivity index (χ2n) is 7.97. The topological polar surface area (TPSA) is 129 Å². The molecule has 0 aliphatic carbocycles. The molecule has 2 atom stereocenters. The van der Waals surface area contributed by atoms with Crippen LogP contribution >= 0.6 is 0 Å². The number of aromatic nitrogens is 7. The molecule has 0 spiro atoms. The predicted molar refractivity (Wildman–Crippen MR) is 123 cm³/mol. The van der Waals surface area contributed by atoms with Crippen LogP contribution in [0.25, 0.3) is 27.5 Å². The number of rotatable bonds is 6. The summed E-state index contributed by atoms with van der Waals surface area (Å²) in [6.07, 6.45) is 3.86. The Labute approximate surface area is 193 Å². The SMILES string of the molecule is CO[C@H](c1cnc(C)cn1)[C@H](C)S(=O)(=O)Nc1nnc2c3nn(C)cc3c3cccc(F)c3n12.